The van der Waals surface area contributed by atoms with Crippen LogP contribution in [0.2, 0.25) is 0 Å². The third-order valence-electron chi connectivity index (χ3n) is 3.68. The number of ether oxygens (including phenoxy) is 1. The first-order valence-corrected chi connectivity index (χ1v) is 7.49. The first-order chi connectivity index (χ1) is 11.8. The molecule has 4 rings (SSSR count). The molecule has 1 N–H and O–H groups in total. The second-order valence-corrected chi connectivity index (χ2v) is 5.23. The molecule has 118 valence electrons. The molecule has 0 bridgehead atoms. The molecule has 0 saturated heterocycles. The van der Waals surface area contributed by atoms with Crippen molar-refractivity contribution < 1.29 is 4.74 Å². The molecule has 0 aliphatic rings. The molecule has 0 spiro atoms. The number of anilines is 2. The van der Waals surface area contributed by atoms with Gasteiger partial charge < -0.3 is 14.5 Å². The zero-order valence-corrected chi connectivity index (χ0v) is 13.0. The third-order valence-corrected chi connectivity index (χ3v) is 3.68. The van der Waals surface area contributed by atoms with Gasteiger partial charge in [0.25, 0.3) is 0 Å². The molecule has 3 heterocycles. The van der Waals surface area contributed by atoms with Crippen LogP contribution in [0.5, 0.6) is 5.75 Å². The predicted octanol–water partition coefficient (Wildman–Crippen LogP) is 3.54. The van der Waals surface area contributed by atoms with Crippen LogP contribution in [0.25, 0.3) is 16.9 Å². The Morgan fingerprint density at radius 2 is 1.96 bits per heavy atom. The van der Waals surface area contributed by atoms with Crippen molar-refractivity contribution in [1.82, 2.24) is 19.4 Å². The highest BCUT2D eigenvalue weighted by Crippen LogP contribution is 2.25. The maximum Gasteiger partial charge on any atom is 0.180 e. The number of hydrogen-bond acceptors (Lipinski definition) is 5. The van der Waals surface area contributed by atoms with Gasteiger partial charge in [-0.1, -0.05) is 0 Å². The predicted molar refractivity (Wildman–Crippen MR) is 92.5 cm³/mol. The Kier molecular flexibility index (Phi) is 3.55. The standard InChI is InChI=1S/C18H15N5O/c1-24-15-6-4-14(5-7-15)21-17-18-20-9-10-23(18)12-16(22-17)13-3-2-8-19-11-13/h2-12H,1H3,(H,21,22). The molecule has 0 fully saturated rings. The van der Waals surface area contributed by atoms with E-state index in [4.69, 9.17) is 9.72 Å². The van der Waals surface area contributed by atoms with Crippen molar-refractivity contribution in [2.24, 2.45) is 0 Å². The van der Waals surface area contributed by atoms with Crippen molar-refractivity contribution in [2.45, 2.75) is 0 Å². The summed E-state index contributed by atoms with van der Waals surface area (Å²) in [7, 11) is 1.65. The average Bonchev–Trinajstić information content (AvgIpc) is 3.12. The van der Waals surface area contributed by atoms with Gasteiger partial charge in [0.2, 0.25) is 0 Å². The van der Waals surface area contributed by atoms with Crippen molar-refractivity contribution in [2.75, 3.05) is 12.4 Å². The molecule has 0 radical (unpaired) electrons. The van der Waals surface area contributed by atoms with Crippen molar-refractivity contribution in [3.63, 3.8) is 0 Å². The molecule has 24 heavy (non-hydrogen) atoms. The van der Waals surface area contributed by atoms with E-state index in [2.05, 4.69) is 15.3 Å². The summed E-state index contributed by atoms with van der Waals surface area (Å²) in [5.41, 5.74) is 3.45. The summed E-state index contributed by atoms with van der Waals surface area (Å²) in [5, 5.41) is 3.32. The van der Waals surface area contributed by atoms with Gasteiger partial charge in [-0.3, -0.25) is 4.98 Å². The van der Waals surface area contributed by atoms with E-state index in [-0.39, 0.29) is 0 Å². The van der Waals surface area contributed by atoms with Crippen LogP contribution in [0, 0.1) is 0 Å². The van der Waals surface area contributed by atoms with E-state index in [1.807, 2.05) is 53.2 Å². The Labute approximate surface area is 138 Å². The van der Waals surface area contributed by atoms with Gasteiger partial charge in [-0.2, -0.15) is 0 Å². The summed E-state index contributed by atoms with van der Waals surface area (Å²) in [6.45, 7) is 0. The molecule has 0 amide bonds. The summed E-state index contributed by atoms with van der Waals surface area (Å²) in [6, 6.07) is 11.6. The first kappa shape index (κ1) is 14.2. The van der Waals surface area contributed by atoms with E-state index in [0.717, 1.165) is 28.3 Å². The molecule has 3 aromatic heterocycles. The normalized spacial score (nSPS) is 10.7. The lowest BCUT2D eigenvalue weighted by atomic mass is 10.2. The molecule has 1 aromatic carbocycles. The molecular weight excluding hydrogens is 302 g/mol. The maximum atomic E-state index is 5.19. The number of methoxy groups -OCH3 is 1. The fourth-order valence-electron chi connectivity index (χ4n) is 2.48. The summed E-state index contributed by atoms with van der Waals surface area (Å²) in [6.07, 6.45) is 9.13. The second-order valence-electron chi connectivity index (χ2n) is 5.23. The number of imidazole rings is 1. The van der Waals surface area contributed by atoms with Crippen LogP contribution in [-0.2, 0) is 0 Å². The minimum Gasteiger partial charge on any atom is -0.497 e. The van der Waals surface area contributed by atoms with Gasteiger partial charge in [-0.15, -0.1) is 0 Å². The molecule has 4 aromatic rings. The number of aromatic nitrogens is 4. The Balaban J connectivity index is 1.77. The summed E-state index contributed by atoms with van der Waals surface area (Å²) in [5.74, 6) is 1.50. The van der Waals surface area contributed by atoms with E-state index in [1.165, 1.54) is 0 Å². The number of nitrogens with zero attached hydrogens (tertiary/aromatic N) is 4. The Bertz CT molecular complexity index is 964. The van der Waals surface area contributed by atoms with E-state index in [0.29, 0.717) is 5.82 Å². The van der Waals surface area contributed by atoms with Crippen molar-refractivity contribution in [1.29, 1.82) is 0 Å². The van der Waals surface area contributed by atoms with E-state index >= 15 is 0 Å². The van der Waals surface area contributed by atoms with Crippen LogP contribution in [0.1, 0.15) is 0 Å². The van der Waals surface area contributed by atoms with E-state index in [9.17, 15) is 0 Å². The lowest BCUT2D eigenvalue weighted by Crippen LogP contribution is -2.00. The Morgan fingerprint density at radius 1 is 1.08 bits per heavy atom. The van der Waals surface area contributed by atoms with Crippen molar-refractivity contribution in [3.8, 4) is 17.0 Å². The van der Waals surface area contributed by atoms with Gasteiger partial charge in [-0.25, -0.2) is 9.97 Å². The van der Waals surface area contributed by atoms with Gasteiger partial charge in [0.1, 0.15) is 5.75 Å². The number of rotatable bonds is 4. The van der Waals surface area contributed by atoms with Crippen LogP contribution in [0.15, 0.2) is 67.4 Å². The molecular formula is C18H15N5O. The topological polar surface area (TPSA) is 64.3 Å². The van der Waals surface area contributed by atoms with Gasteiger partial charge in [0.15, 0.2) is 11.5 Å². The van der Waals surface area contributed by atoms with Crippen LogP contribution in [0.4, 0.5) is 11.5 Å². The molecule has 0 aliphatic heterocycles. The molecule has 0 unspecified atom stereocenters. The van der Waals surface area contributed by atoms with Crippen molar-refractivity contribution in [3.05, 3.63) is 67.4 Å². The SMILES string of the molecule is COc1ccc(Nc2nc(-c3cccnc3)cn3ccnc23)cc1. The van der Waals surface area contributed by atoms with Crippen molar-refractivity contribution >= 4 is 17.2 Å². The minimum atomic E-state index is 0.687. The van der Waals surface area contributed by atoms with Gasteiger partial charge >= 0.3 is 0 Å². The van der Waals surface area contributed by atoms with Crippen LogP contribution in [-0.4, -0.2) is 26.5 Å². The van der Waals surface area contributed by atoms with E-state index < -0.39 is 0 Å². The number of fused-ring (bicyclic) bond motifs is 1. The van der Waals surface area contributed by atoms with Crippen LogP contribution < -0.4 is 10.1 Å². The van der Waals surface area contributed by atoms with Gasteiger partial charge in [-0.05, 0) is 36.4 Å². The number of nitrogens with one attached hydrogen (secondary N) is 1. The van der Waals surface area contributed by atoms with Crippen LogP contribution >= 0.6 is 0 Å². The lowest BCUT2D eigenvalue weighted by molar-refractivity contribution is 0.415. The van der Waals surface area contributed by atoms with E-state index in [1.54, 1.807) is 25.7 Å². The number of hydrogen-bond donors (Lipinski definition) is 1. The Hall–Kier alpha value is -3.41. The zero-order valence-electron chi connectivity index (χ0n) is 13.0. The minimum absolute atomic E-state index is 0.687. The Morgan fingerprint density at radius 3 is 2.71 bits per heavy atom. The maximum absolute atomic E-state index is 5.19. The molecule has 6 heteroatoms. The molecule has 0 atom stereocenters. The average molecular weight is 317 g/mol. The molecule has 0 aliphatic carbocycles. The number of benzene rings is 1. The fraction of sp³-hybridized carbons (Fsp3) is 0.0556. The summed E-state index contributed by atoms with van der Waals surface area (Å²) in [4.78, 5) is 13.3. The largest absolute Gasteiger partial charge is 0.497 e. The highest BCUT2D eigenvalue weighted by molar-refractivity contribution is 5.73. The third kappa shape index (κ3) is 2.65. The van der Waals surface area contributed by atoms with Gasteiger partial charge in [0.05, 0.1) is 12.8 Å². The number of pyridine rings is 1. The lowest BCUT2D eigenvalue weighted by Gasteiger charge is -2.10. The monoisotopic (exact) mass is 317 g/mol. The summed E-state index contributed by atoms with van der Waals surface area (Å²) < 4.78 is 7.13. The first-order valence-electron chi connectivity index (χ1n) is 7.49. The summed E-state index contributed by atoms with van der Waals surface area (Å²) >= 11 is 0. The highest BCUT2D eigenvalue weighted by Gasteiger charge is 2.09. The quantitative estimate of drug-likeness (QED) is 0.623. The fourth-order valence-corrected chi connectivity index (χ4v) is 2.48. The second kappa shape index (κ2) is 6.00. The smallest absolute Gasteiger partial charge is 0.180 e. The van der Waals surface area contributed by atoms with Gasteiger partial charge in [0, 0.05) is 42.2 Å². The van der Waals surface area contributed by atoms with Crippen LogP contribution in [0.3, 0.4) is 0 Å². The zero-order chi connectivity index (χ0) is 16.4. The molecule has 6 nitrogen and oxygen atoms in total. The highest BCUT2D eigenvalue weighted by atomic mass is 16.5. The molecule has 0 saturated carbocycles.